The first-order valence-electron chi connectivity index (χ1n) is 8.20. The van der Waals surface area contributed by atoms with Gasteiger partial charge in [-0.05, 0) is 31.5 Å². The fourth-order valence-corrected chi connectivity index (χ4v) is 2.81. The maximum absolute atomic E-state index is 12.8. The lowest BCUT2D eigenvalue weighted by atomic mass is 9.97. The molecule has 2 aromatic rings. The van der Waals surface area contributed by atoms with Gasteiger partial charge < -0.3 is 15.2 Å². The van der Waals surface area contributed by atoms with Crippen molar-refractivity contribution in [1.29, 1.82) is 0 Å². The van der Waals surface area contributed by atoms with E-state index in [1.54, 1.807) is 38.1 Å². The molecule has 0 radical (unpaired) electrons. The molecule has 1 heterocycles. The monoisotopic (exact) mass is 339 g/mol. The van der Waals surface area contributed by atoms with Crippen molar-refractivity contribution in [1.82, 2.24) is 5.32 Å². The van der Waals surface area contributed by atoms with Crippen molar-refractivity contribution in [2.24, 2.45) is 0 Å². The van der Waals surface area contributed by atoms with Gasteiger partial charge in [-0.15, -0.1) is 0 Å². The number of ether oxygens (including phenoxy) is 1. The second kappa shape index (κ2) is 6.69. The van der Waals surface area contributed by atoms with Crippen LogP contribution >= 0.6 is 0 Å². The second-order valence-corrected chi connectivity index (χ2v) is 6.87. The van der Waals surface area contributed by atoms with Gasteiger partial charge in [-0.2, -0.15) is 0 Å². The highest BCUT2D eigenvalue weighted by Gasteiger charge is 2.23. The molecule has 1 aliphatic heterocycles. The predicted octanol–water partition coefficient (Wildman–Crippen LogP) is 2.24. The van der Waals surface area contributed by atoms with Crippen LogP contribution in [0.15, 0.2) is 42.5 Å². The third-order valence-corrected chi connectivity index (χ3v) is 4.17. The van der Waals surface area contributed by atoms with E-state index in [0.717, 1.165) is 11.1 Å². The molecule has 0 atom stereocenters. The highest BCUT2D eigenvalue weighted by Crippen LogP contribution is 2.29. The number of rotatable bonds is 4. The summed E-state index contributed by atoms with van der Waals surface area (Å²) in [5.41, 5.74) is 2.00. The summed E-state index contributed by atoms with van der Waals surface area (Å²) in [6, 6.07) is 12.6. The first-order chi connectivity index (χ1) is 11.9. The van der Waals surface area contributed by atoms with Gasteiger partial charge in [-0.25, -0.2) is 0 Å². The number of hydrogen-bond donors (Lipinski definition) is 2. The number of fused-ring (bicyclic) bond motifs is 2. The molecule has 0 fully saturated rings. The molecule has 5 nitrogen and oxygen atoms in total. The maximum Gasteiger partial charge on any atom is 0.224 e. The Morgan fingerprint density at radius 2 is 1.96 bits per heavy atom. The highest BCUT2D eigenvalue weighted by atomic mass is 16.5. The minimum Gasteiger partial charge on any atom is -0.488 e. The summed E-state index contributed by atoms with van der Waals surface area (Å²) in [5, 5.41) is 12.0. The van der Waals surface area contributed by atoms with Crippen LogP contribution in [-0.4, -0.2) is 28.9 Å². The van der Waals surface area contributed by atoms with Crippen molar-refractivity contribution < 1.29 is 19.4 Å². The summed E-state index contributed by atoms with van der Waals surface area (Å²) in [6.07, 6.45) is 0.131. The summed E-state index contributed by atoms with van der Waals surface area (Å²) in [4.78, 5) is 25.0. The van der Waals surface area contributed by atoms with E-state index in [0.29, 0.717) is 23.5 Å². The van der Waals surface area contributed by atoms with E-state index in [-0.39, 0.29) is 24.7 Å². The molecule has 2 aromatic carbocycles. The molecule has 0 bridgehead atoms. The van der Waals surface area contributed by atoms with E-state index >= 15 is 0 Å². The standard InChI is InChI=1S/C20H21NO4/c1-20(2,12-22)21-18(23)10-13-7-8-17-16(9-13)19(24)15-6-4-3-5-14(15)11-25-17/h3-9,22H,10-12H2,1-2H3,(H,21,23). The molecule has 0 saturated carbocycles. The van der Waals surface area contributed by atoms with E-state index in [1.165, 1.54) is 0 Å². The average molecular weight is 339 g/mol. The van der Waals surface area contributed by atoms with Crippen LogP contribution in [0.5, 0.6) is 5.75 Å². The normalized spacial score (nSPS) is 13.3. The fourth-order valence-electron chi connectivity index (χ4n) is 2.81. The van der Waals surface area contributed by atoms with E-state index in [1.807, 2.05) is 18.2 Å². The molecule has 130 valence electrons. The number of ketones is 1. The van der Waals surface area contributed by atoms with Crippen molar-refractivity contribution >= 4 is 11.7 Å². The zero-order chi connectivity index (χ0) is 18.0. The van der Waals surface area contributed by atoms with Gasteiger partial charge in [0.25, 0.3) is 0 Å². The van der Waals surface area contributed by atoms with E-state index in [2.05, 4.69) is 5.32 Å². The SMILES string of the molecule is CC(C)(CO)NC(=O)Cc1ccc2c(c1)C(=O)c1ccccc1CO2. The smallest absolute Gasteiger partial charge is 0.224 e. The van der Waals surface area contributed by atoms with Crippen LogP contribution in [0.2, 0.25) is 0 Å². The maximum atomic E-state index is 12.8. The number of aliphatic hydroxyl groups excluding tert-OH is 1. The van der Waals surface area contributed by atoms with Gasteiger partial charge in [0, 0.05) is 11.1 Å². The zero-order valence-corrected chi connectivity index (χ0v) is 14.3. The molecule has 0 spiro atoms. The van der Waals surface area contributed by atoms with Crippen molar-refractivity contribution in [2.75, 3.05) is 6.61 Å². The Labute approximate surface area is 146 Å². The van der Waals surface area contributed by atoms with Crippen LogP contribution in [-0.2, 0) is 17.8 Å². The Balaban J connectivity index is 1.86. The lowest BCUT2D eigenvalue weighted by Crippen LogP contribution is -2.46. The number of aliphatic hydroxyl groups is 1. The first kappa shape index (κ1) is 17.2. The molecule has 0 aliphatic carbocycles. The van der Waals surface area contributed by atoms with Crippen molar-refractivity contribution in [2.45, 2.75) is 32.4 Å². The number of hydrogen-bond acceptors (Lipinski definition) is 4. The van der Waals surface area contributed by atoms with Crippen LogP contribution < -0.4 is 10.1 Å². The van der Waals surface area contributed by atoms with Crippen LogP contribution in [0, 0.1) is 0 Å². The van der Waals surface area contributed by atoms with E-state index in [9.17, 15) is 14.7 Å². The Bertz CT molecular complexity index is 826. The Hall–Kier alpha value is -2.66. The zero-order valence-electron chi connectivity index (χ0n) is 14.3. The minimum atomic E-state index is -0.680. The molecular formula is C20H21NO4. The largest absolute Gasteiger partial charge is 0.488 e. The van der Waals surface area contributed by atoms with Gasteiger partial charge in [0.15, 0.2) is 5.78 Å². The Morgan fingerprint density at radius 3 is 2.72 bits per heavy atom. The number of nitrogens with one attached hydrogen (secondary N) is 1. The minimum absolute atomic E-state index is 0.0963. The molecule has 3 rings (SSSR count). The fraction of sp³-hybridized carbons (Fsp3) is 0.300. The van der Waals surface area contributed by atoms with Gasteiger partial charge in [0.05, 0.1) is 24.1 Å². The van der Waals surface area contributed by atoms with Crippen LogP contribution in [0.25, 0.3) is 0 Å². The van der Waals surface area contributed by atoms with Crippen molar-refractivity contribution in [3.8, 4) is 5.75 Å². The van der Waals surface area contributed by atoms with E-state index < -0.39 is 5.54 Å². The van der Waals surface area contributed by atoms with Gasteiger partial charge >= 0.3 is 0 Å². The molecule has 1 amide bonds. The summed E-state index contributed by atoms with van der Waals surface area (Å²) in [5.74, 6) is 0.225. The molecular weight excluding hydrogens is 318 g/mol. The molecule has 1 aliphatic rings. The van der Waals surface area contributed by atoms with Gasteiger partial charge in [0.1, 0.15) is 12.4 Å². The summed E-state index contributed by atoms with van der Waals surface area (Å²) >= 11 is 0. The van der Waals surface area contributed by atoms with Gasteiger partial charge in [-0.1, -0.05) is 30.3 Å². The molecule has 0 unspecified atom stereocenters. The van der Waals surface area contributed by atoms with Crippen LogP contribution in [0.1, 0.15) is 40.9 Å². The third-order valence-electron chi connectivity index (χ3n) is 4.17. The average Bonchev–Trinajstić information content (AvgIpc) is 2.72. The molecule has 0 aromatic heterocycles. The predicted molar refractivity (Wildman–Crippen MR) is 93.7 cm³/mol. The summed E-state index contributed by atoms with van der Waals surface area (Å²) < 4.78 is 5.75. The number of carbonyl (C=O) groups excluding carboxylic acids is 2. The van der Waals surface area contributed by atoms with Crippen LogP contribution in [0.4, 0.5) is 0 Å². The number of amides is 1. The van der Waals surface area contributed by atoms with Gasteiger partial charge in [-0.3, -0.25) is 9.59 Å². The molecule has 2 N–H and O–H groups in total. The van der Waals surface area contributed by atoms with Crippen molar-refractivity contribution in [3.05, 3.63) is 64.7 Å². The first-order valence-corrected chi connectivity index (χ1v) is 8.20. The number of benzene rings is 2. The Morgan fingerprint density at radius 1 is 1.20 bits per heavy atom. The van der Waals surface area contributed by atoms with Crippen LogP contribution in [0.3, 0.4) is 0 Å². The lowest BCUT2D eigenvalue weighted by molar-refractivity contribution is -0.122. The summed E-state index contributed by atoms with van der Waals surface area (Å²) in [7, 11) is 0. The van der Waals surface area contributed by atoms with E-state index in [4.69, 9.17) is 4.74 Å². The highest BCUT2D eigenvalue weighted by molar-refractivity contribution is 6.12. The van der Waals surface area contributed by atoms with Gasteiger partial charge in [0.2, 0.25) is 5.91 Å². The quantitative estimate of drug-likeness (QED) is 0.896. The second-order valence-electron chi connectivity index (χ2n) is 6.87. The topological polar surface area (TPSA) is 75.6 Å². The molecule has 25 heavy (non-hydrogen) atoms. The third kappa shape index (κ3) is 3.72. The number of carbonyl (C=O) groups is 2. The lowest BCUT2D eigenvalue weighted by Gasteiger charge is -2.23. The Kier molecular flexibility index (Phi) is 4.59. The molecule has 0 saturated heterocycles. The summed E-state index contributed by atoms with van der Waals surface area (Å²) in [6.45, 7) is 3.69. The van der Waals surface area contributed by atoms with Crippen molar-refractivity contribution in [3.63, 3.8) is 0 Å². The molecule has 5 heteroatoms.